The van der Waals surface area contributed by atoms with Gasteiger partial charge in [-0.25, -0.2) is 15.0 Å². The van der Waals surface area contributed by atoms with Gasteiger partial charge in [0.05, 0.1) is 16.9 Å². The number of hydrogen-bond donors (Lipinski definition) is 0. The molecule has 0 N–H and O–H groups in total. The molecule has 4 nitrogen and oxygen atoms in total. The van der Waals surface area contributed by atoms with Crippen LogP contribution in [0, 0.1) is 0 Å². The molecule has 3 heterocycles. The fourth-order valence-corrected chi connectivity index (χ4v) is 8.14. The number of fused-ring (bicyclic) bond motifs is 5. The molecule has 0 bridgehead atoms. The van der Waals surface area contributed by atoms with Gasteiger partial charge < -0.3 is 4.42 Å². The lowest BCUT2D eigenvalue weighted by atomic mass is 9.95. The van der Waals surface area contributed by atoms with Crippen LogP contribution in [0.3, 0.4) is 0 Å². The van der Waals surface area contributed by atoms with Gasteiger partial charge in [-0.3, -0.25) is 0 Å². The van der Waals surface area contributed by atoms with E-state index in [2.05, 4.69) is 164 Å². The van der Waals surface area contributed by atoms with Crippen LogP contribution in [0.15, 0.2) is 217 Å². The van der Waals surface area contributed by atoms with Crippen molar-refractivity contribution in [2.75, 3.05) is 0 Å². The van der Waals surface area contributed by atoms with Gasteiger partial charge in [0.25, 0.3) is 0 Å². The van der Waals surface area contributed by atoms with Crippen molar-refractivity contribution in [3.05, 3.63) is 212 Å². The van der Waals surface area contributed by atoms with Crippen molar-refractivity contribution >= 4 is 32.8 Å². The number of para-hydroxylation sites is 1. The van der Waals surface area contributed by atoms with E-state index in [1.54, 1.807) is 0 Å². The first-order chi connectivity index (χ1) is 29.2. The van der Waals surface area contributed by atoms with Crippen LogP contribution in [0.1, 0.15) is 0 Å². The molecule has 0 saturated heterocycles. The fraction of sp³-hybridized carbons (Fsp3) is 0. The summed E-state index contributed by atoms with van der Waals surface area (Å²) in [5, 5.41) is 3.21. The normalized spacial score (nSPS) is 11.4. The molecule has 0 radical (unpaired) electrons. The Balaban J connectivity index is 1.02. The van der Waals surface area contributed by atoms with Crippen molar-refractivity contribution in [1.82, 2.24) is 15.0 Å². The van der Waals surface area contributed by atoms with E-state index in [0.29, 0.717) is 5.82 Å². The number of benzene rings is 8. The summed E-state index contributed by atoms with van der Waals surface area (Å²) in [5.74, 6) is 0.694. The van der Waals surface area contributed by atoms with Gasteiger partial charge in [0.1, 0.15) is 11.3 Å². The smallest absolute Gasteiger partial charge is 0.162 e. The summed E-state index contributed by atoms with van der Waals surface area (Å²) in [5.41, 5.74) is 15.9. The Kier molecular flexibility index (Phi) is 8.45. The number of aromatic nitrogens is 3. The minimum atomic E-state index is 0.694. The minimum Gasteiger partial charge on any atom is -0.454 e. The number of furan rings is 1. The highest BCUT2D eigenvalue weighted by molar-refractivity contribution is 6.21. The third-order valence-corrected chi connectivity index (χ3v) is 11.1. The first-order valence-electron chi connectivity index (χ1n) is 19.8. The zero-order valence-corrected chi connectivity index (χ0v) is 32.0. The molecule has 0 aliphatic rings. The molecule has 0 aliphatic carbocycles. The summed E-state index contributed by atoms with van der Waals surface area (Å²) in [6.07, 6.45) is 0. The van der Waals surface area contributed by atoms with E-state index in [9.17, 15) is 0 Å². The molecule has 11 rings (SSSR count). The van der Waals surface area contributed by atoms with Crippen LogP contribution in [-0.4, -0.2) is 15.0 Å². The van der Waals surface area contributed by atoms with Crippen molar-refractivity contribution in [3.8, 4) is 78.5 Å². The summed E-state index contributed by atoms with van der Waals surface area (Å²) in [6.45, 7) is 0. The van der Waals surface area contributed by atoms with E-state index in [1.807, 2.05) is 48.5 Å². The Morgan fingerprint density at radius 1 is 0.305 bits per heavy atom. The third kappa shape index (κ3) is 6.43. The Labute approximate surface area is 341 Å². The van der Waals surface area contributed by atoms with Crippen molar-refractivity contribution < 1.29 is 4.42 Å². The second-order valence-electron chi connectivity index (χ2n) is 14.8. The molecule has 276 valence electrons. The van der Waals surface area contributed by atoms with Crippen LogP contribution in [0.2, 0.25) is 0 Å². The summed E-state index contributed by atoms with van der Waals surface area (Å²) in [6, 6.07) is 73.9. The lowest BCUT2D eigenvalue weighted by molar-refractivity contribution is 0.669. The average molecular weight is 754 g/mol. The van der Waals surface area contributed by atoms with Gasteiger partial charge in [0.15, 0.2) is 11.4 Å². The Bertz CT molecular complexity index is 3260. The molecule has 8 aromatic carbocycles. The fourth-order valence-electron chi connectivity index (χ4n) is 8.14. The molecule has 0 atom stereocenters. The molecule has 4 heteroatoms. The van der Waals surface area contributed by atoms with Gasteiger partial charge in [0.2, 0.25) is 0 Å². The maximum Gasteiger partial charge on any atom is 0.162 e. The van der Waals surface area contributed by atoms with E-state index in [4.69, 9.17) is 19.4 Å². The second kappa shape index (κ2) is 14.5. The van der Waals surface area contributed by atoms with Gasteiger partial charge in [-0.15, -0.1) is 0 Å². The highest BCUT2D eigenvalue weighted by atomic mass is 16.3. The molecule has 3 aromatic heterocycles. The SMILES string of the molecule is c1ccc(-c2cccc(-c3ccc4nc(-c5cccc(-c6cccc(-c7cc(-c8ccccc8)nc(-c8ccccc8)n7)c6)c5)c5oc6ccccc6c5c4c3)c2)cc1. The summed E-state index contributed by atoms with van der Waals surface area (Å²) < 4.78 is 6.71. The first-order valence-corrected chi connectivity index (χ1v) is 19.8. The highest BCUT2D eigenvalue weighted by Crippen LogP contribution is 2.41. The molecule has 0 fully saturated rings. The van der Waals surface area contributed by atoms with E-state index in [0.717, 1.165) is 94.4 Å². The molecule has 59 heavy (non-hydrogen) atoms. The molecular formula is C55H35N3O. The van der Waals surface area contributed by atoms with Crippen LogP contribution in [0.5, 0.6) is 0 Å². The van der Waals surface area contributed by atoms with Crippen molar-refractivity contribution in [3.63, 3.8) is 0 Å². The van der Waals surface area contributed by atoms with Gasteiger partial charge in [-0.2, -0.15) is 0 Å². The van der Waals surface area contributed by atoms with E-state index in [1.165, 1.54) is 11.1 Å². The van der Waals surface area contributed by atoms with Crippen molar-refractivity contribution in [2.45, 2.75) is 0 Å². The number of pyridine rings is 1. The third-order valence-electron chi connectivity index (χ3n) is 11.1. The first kappa shape index (κ1) is 34.3. The number of rotatable bonds is 7. The standard InChI is InChI=1S/C55H35N3O/c1-4-15-36(16-5-1)39-21-12-22-40(31-39)43-29-30-48-47(34-43)52-46-27-10-11-28-51(46)59-54(52)53(56-48)45-26-14-24-42(33-45)41-23-13-25-44(32-41)50-35-49(37-17-6-2-7-18-37)57-55(58-50)38-19-8-3-9-20-38/h1-35H. The number of nitrogens with zero attached hydrogens (tertiary/aromatic N) is 3. The van der Waals surface area contributed by atoms with Crippen LogP contribution in [0.25, 0.3) is 111 Å². The predicted octanol–water partition coefficient (Wildman–Crippen LogP) is 14.6. The summed E-state index contributed by atoms with van der Waals surface area (Å²) in [7, 11) is 0. The largest absolute Gasteiger partial charge is 0.454 e. The summed E-state index contributed by atoms with van der Waals surface area (Å²) in [4.78, 5) is 15.4. The average Bonchev–Trinajstić information content (AvgIpc) is 3.72. The molecule has 0 aliphatic heterocycles. The Hall–Kier alpha value is -7.95. The predicted molar refractivity (Wildman–Crippen MR) is 243 cm³/mol. The summed E-state index contributed by atoms with van der Waals surface area (Å²) >= 11 is 0. The molecule has 0 saturated carbocycles. The Morgan fingerprint density at radius 3 is 1.49 bits per heavy atom. The zero-order valence-electron chi connectivity index (χ0n) is 32.0. The monoisotopic (exact) mass is 753 g/mol. The van der Waals surface area contributed by atoms with Crippen LogP contribution >= 0.6 is 0 Å². The van der Waals surface area contributed by atoms with Crippen molar-refractivity contribution in [2.24, 2.45) is 0 Å². The lowest BCUT2D eigenvalue weighted by Crippen LogP contribution is -1.96. The molecule has 0 amide bonds. The van der Waals surface area contributed by atoms with Crippen LogP contribution in [-0.2, 0) is 0 Å². The minimum absolute atomic E-state index is 0.694. The highest BCUT2D eigenvalue weighted by Gasteiger charge is 2.19. The van der Waals surface area contributed by atoms with Gasteiger partial charge in [0, 0.05) is 38.4 Å². The zero-order chi connectivity index (χ0) is 39.1. The number of hydrogen-bond acceptors (Lipinski definition) is 4. The Morgan fingerprint density at radius 2 is 0.797 bits per heavy atom. The topological polar surface area (TPSA) is 51.8 Å². The van der Waals surface area contributed by atoms with E-state index < -0.39 is 0 Å². The van der Waals surface area contributed by atoms with E-state index in [-0.39, 0.29) is 0 Å². The quantitative estimate of drug-likeness (QED) is 0.163. The van der Waals surface area contributed by atoms with Gasteiger partial charge in [-0.1, -0.05) is 170 Å². The maximum absolute atomic E-state index is 6.71. The molecule has 0 unspecified atom stereocenters. The van der Waals surface area contributed by atoms with Crippen LogP contribution in [0.4, 0.5) is 0 Å². The molecular weight excluding hydrogens is 719 g/mol. The lowest BCUT2D eigenvalue weighted by Gasteiger charge is -2.12. The van der Waals surface area contributed by atoms with Crippen molar-refractivity contribution in [1.29, 1.82) is 0 Å². The second-order valence-corrected chi connectivity index (χ2v) is 14.8. The van der Waals surface area contributed by atoms with Crippen LogP contribution < -0.4 is 0 Å². The molecule has 0 spiro atoms. The molecule has 11 aromatic rings. The van der Waals surface area contributed by atoms with Gasteiger partial charge >= 0.3 is 0 Å². The van der Waals surface area contributed by atoms with E-state index >= 15 is 0 Å². The maximum atomic E-state index is 6.71. The van der Waals surface area contributed by atoms with Gasteiger partial charge in [-0.05, 0) is 75.8 Å².